The van der Waals surface area contributed by atoms with Crippen molar-refractivity contribution in [3.63, 3.8) is 0 Å². The third kappa shape index (κ3) is 5.04. The number of ether oxygens (including phenoxy) is 1. The number of nitrogens with zero attached hydrogens (tertiary/aromatic N) is 1. The maximum Gasteiger partial charge on any atom is 0.407 e. The van der Waals surface area contributed by atoms with Crippen molar-refractivity contribution in [1.29, 1.82) is 0 Å². The van der Waals surface area contributed by atoms with Crippen molar-refractivity contribution < 1.29 is 24.2 Å². The molecule has 2 N–H and O–H groups in total. The SMILES string of the molecule is CCCCC(CC(=O)N1CCC[C@]1(C)C(=O)O)NC(=O)OCC1c2ccccc2-c2ccccc21. The highest BCUT2D eigenvalue weighted by Gasteiger charge is 2.46. The molecule has 0 radical (unpaired) electrons. The van der Waals surface area contributed by atoms with E-state index in [2.05, 4.69) is 29.6 Å². The van der Waals surface area contributed by atoms with E-state index in [9.17, 15) is 19.5 Å². The lowest BCUT2D eigenvalue weighted by molar-refractivity contribution is -0.155. The van der Waals surface area contributed by atoms with E-state index in [0.29, 0.717) is 25.8 Å². The molecule has 2 aromatic carbocycles. The van der Waals surface area contributed by atoms with E-state index in [1.54, 1.807) is 6.92 Å². The van der Waals surface area contributed by atoms with Crippen molar-refractivity contribution in [1.82, 2.24) is 10.2 Å². The van der Waals surface area contributed by atoms with Gasteiger partial charge in [-0.1, -0.05) is 68.3 Å². The van der Waals surface area contributed by atoms with Crippen LogP contribution in [0, 0.1) is 0 Å². The van der Waals surface area contributed by atoms with Gasteiger partial charge in [0.25, 0.3) is 0 Å². The van der Waals surface area contributed by atoms with Gasteiger partial charge in [0, 0.05) is 24.9 Å². The van der Waals surface area contributed by atoms with Gasteiger partial charge in [-0.3, -0.25) is 4.79 Å². The van der Waals surface area contributed by atoms with Gasteiger partial charge in [-0.15, -0.1) is 0 Å². The molecule has 2 aliphatic rings. The highest BCUT2D eigenvalue weighted by molar-refractivity contribution is 5.88. The molecule has 35 heavy (non-hydrogen) atoms. The van der Waals surface area contributed by atoms with Gasteiger partial charge in [0.2, 0.25) is 5.91 Å². The van der Waals surface area contributed by atoms with Crippen LogP contribution in [-0.4, -0.2) is 52.7 Å². The van der Waals surface area contributed by atoms with E-state index in [1.165, 1.54) is 4.90 Å². The molecule has 1 saturated heterocycles. The minimum Gasteiger partial charge on any atom is -0.480 e. The van der Waals surface area contributed by atoms with Gasteiger partial charge in [0.1, 0.15) is 12.1 Å². The number of amides is 2. The highest BCUT2D eigenvalue weighted by Crippen LogP contribution is 2.44. The molecule has 2 aromatic rings. The van der Waals surface area contributed by atoms with Crippen molar-refractivity contribution >= 4 is 18.0 Å². The Morgan fingerprint density at radius 1 is 1.11 bits per heavy atom. The van der Waals surface area contributed by atoms with E-state index in [1.807, 2.05) is 31.2 Å². The van der Waals surface area contributed by atoms with Crippen LogP contribution in [0.2, 0.25) is 0 Å². The summed E-state index contributed by atoms with van der Waals surface area (Å²) in [6, 6.07) is 15.9. The third-order valence-electron chi connectivity index (χ3n) is 7.40. The molecular weight excluding hydrogens is 444 g/mol. The number of nitrogens with one attached hydrogen (secondary N) is 1. The monoisotopic (exact) mass is 478 g/mol. The van der Waals surface area contributed by atoms with Gasteiger partial charge >= 0.3 is 12.1 Å². The topological polar surface area (TPSA) is 95.9 Å². The number of hydrogen-bond donors (Lipinski definition) is 2. The molecule has 1 fully saturated rings. The zero-order chi connectivity index (χ0) is 25.0. The highest BCUT2D eigenvalue weighted by atomic mass is 16.5. The fourth-order valence-corrected chi connectivity index (χ4v) is 5.39. The van der Waals surface area contributed by atoms with Gasteiger partial charge in [0.15, 0.2) is 0 Å². The average Bonchev–Trinajstić information content (AvgIpc) is 3.40. The number of benzene rings is 2. The number of carbonyl (C=O) groups is 3. The van der Waals surface area contributed by atoms with E-state index < -0.39 is 23.6 Å². The first-order valence-electron chi connectivity index (χ1n) is 12.5. The third-order valence-corrected chi connectivity index (χ3v) is 7.40. The van der Waals surface area contributed by atoms with Gasteiger partial charge < -0.3 is 20.1 Å². The first-order valence-corrected chi connectivity index (χ1v) is 12.5. The molecule has 0 aromatic heterocycles. The van der Waals surface area contributed by atoms with Gasteiger partial charge in [-0.25, -0.2) is 9.59 Å². The minimum absolute atomic E-state index is 0.0373. The summed E-state index contributed by atoms with van der Waals surface area (Å²) in [5, 5.41) is 12.5. The fraction of sp³-hybridized carbons (Fsp3) is 0.464. The molecule has 4 rings (SSSR count). The smallest absolute Gasteiger partial charge is 0.407 e. The molecule has 2 atom stereocenters. The largest absolute Gasteiger partial charge is 0.480 e. The van der Waals surface area contributed by atoms with Crippen LogP contribution < -0.4 is 5.32 Å². The summed E-state index contributed by atoms with van der Waals surface area (Å²) in [5.74, 6) is -1.27. The van der Waals surface area contributed by atoms with Crippen LogP contribution in [-0.2, 0) is 14.3 Å². The lowest BCUT2D eigenvalue weighted by Crippen LogP contribution is -2.52. The molecule has 0 spiro atoms. The Morgan fingerprint density at radius 2 is 1.74 bits per heavy atom. The second kappa shape index (κ2) is 10.5. The van der Waals surface area contributed by atoms with Crippen LogP contribution in [0.3, 0.4) is 0 Å². The summed E-state index contributed by atoms with van der Waals surface area (Å²) < 4.78 is 5.67. The number of carbonyl (C=O) groups excluding carboxylic acids is 2. The van der Waals surface area contributed by atoms with Crippen molar-refractivity contribution in [2.24, 2.45) is 0 Å². The zero-order valence-electron chi connectivity index (χ0n) is 20.5. The zero-order valence-corrected chi connectivity index (χ0v) is 20.5. The number of carboxylic acids is 1. The molecule has 7 nitrogen and oxygen atoms in total. The molecule has 1 aliphatic heterocycles. The Kier molecular flexibility index (Phi) is 7.43. The Hall–Kier alpha value is -3.35. The second-order valence-electron chi connectivity index (χ2n) is 9.74. The van der Waals surface area contributed by atoms with Crippen molar-refractivity contribution in [2.45, 2.75) is 69.9 Å². The number of alkyl carbamates (subject to hydrolysis) is 1. The summed E-state index contributed by atoms with van der Waals surface area (Å²) in [4.78, 5) is 39.0. The molecular formula is C28H34N2O5. The van der Waals surface area contributed by atoms with E-state index in [4.69, 9.17) is 4.74 Å². The van der Waals surface area contributed by atoms with Crippen LogP contribution in [0.25, 0.3) is 11.1 Å². The molecule has 1 heterocycles. The summed E-state index contributed by atoms with van der Waals surface area (Å²) in [6.45, 7) is 4.28. The molecule has 186 valence electrons. The number of unbranched alkanes of at least 4 members (excludes halogenated alkanes) is 1. The second-order valence-corrected chi connectivity index (χ2v) is 9.74. The van der Waals surface area contributed by atoms with Crippen molar-refractivity contribution in [3.8, 4) is 11.1 Å². The first kappa shape index (κ1) is 24.8. The van der Waals surface area contributed by atoms with E-state index in [-0.39, 0.29) is 24.9 Å². The molecule has 0 bridgehead atoms. The Balaban J connectivity index is 1.40. The predicted octanol–water partition coefficient (Wildman–Crippen LogP) is 4.94. The van der Waals surface area contributed by atoms with Crippen molar-refractivity contribution in [3.05, 3.63) is 59.7 Å². The molecule has 7 heteroatoms. The number of hydrogen-bond acceptors (Lipinski definition) is 4. The molecule has 0 saturated carbocycles. The summed E-state index contributed by atoms with van der Waals surface area (Å²) in [7, 11) is 0. The standard InChI is InChI=1S/C28H34N2O5/c1-3-4-10-19(17-25(31)30-16-9-15-28(30,2)26(32)33)29-27(34)35-18-24-22-13-7-5-11-20(22)21-12-6-8-14-23(21)24/h5-8,11-14,19,24H,3-4,9-10,15-18H2,1-2H3,(H,29,34)(H,32,33)/t19?,28-/m1/s1. The maximum atomic E-state index is 13.0. The number of aliphatic carboxylic acids is 1. The normalized spacial score (nSPS) is 19.7. The molecule has 1 unspecified atom stereocenters. The van der Waals surface area contributed by atoms with Crippen molar-refractivity contribution in [2.75, 3.05) is 13.2 Å². The van der Waals surface area contributed by atoms with Crippen LogP contribution in [0.15, 0.2) is 48.5 Å². The Bertz CT molecular complexity index is 1050. The van der Waals surface area contributed by atoms with Crippen LogP contribution in [0.5, 0.6) is 0 Å². The Morgan fingerprint density at radius 3 is 2.34 bits per heavy atom. The van der Waals surface area contributed by atoms with E-state index in [0.717, 1.165) is 35.1 Å². The van der Waals surface area contributed by atoms with E-state index >= 15 is 0 Å². The minimum atomic E-state index is -1.18. The lowest BCUT2D eigenvalue weighted by atomic mass is 9.98. The number of carboxylic acid groups (broad SMARTS) is 1. The van der Waals surface area contributed by atoms with Gasteiger partial charge in [-0.05, 0) is 48.4 Å². The van der Waals surface area contributed by atoms with Crippen LogP contribution in [0.4, 0.5) is 4.79 Å². The number of fused-ring (bicyclic) bond motifs is 3. The van der Waals surface area contributed by atoms with Gasteiger partial charge in [-0.2, -0.15) is 0 Å². The summed E-state index contributed by atoms with van der Waals surface area (Å²) in [5.41, 5.74) is 3.42. The van der Waals surface area contributed by atoms with Crippen LogP contribution >= 0.6 is 0 Å². The van der Waals surface area contributed by atoms with Gasteiger partial charge in [0.05, 0.1) is 0 Å². The predicted molar refractivity (Wildman–Crippen MR) is 133 cm³/mol. The average molecular weight is 479 g/mol. The number of likely N-dealkylation sites (tertiary alicyclic amines) is 1. The maximum absolute atomic E-state index is 13.0. The summed E-state index contributed by atoms with van der Waals surface area (Å²) >= 11 is 0. The van der Waals surface area contributed by atoms with Crippen LogP contribution in [0.1, 0.15) is 69.4 Å². The molecule has 2 amide bonds. The quantitative estimate of drug-likeness (QED) is 0.532. The first-order chi connectivity index (χ1) is 16.8. The fourth-order valence-electron chi connectivity index (χ4n) is 5.39. The molecule has 1 aliphatic carbocycles. The summed E-state index contributed by atoms with van der Waals surface area (Å²) in [6.07, 6.45) is 3.01. The Labute approximate surface area is 206 Å². The number of rotatable bonds is 9. The lowest BCUT2D eigenvalue weighted by Gasteiger charge is -2.32.